The average molecular weight is 569 g/mol. The molecule has 0 aromatic heterocycles. The number of nitrogen functional groups attached to an aromatic ring is 1. The van der Waals surface area contributed by atoms with Crippen LogP contribution in [0.25, 0.3) is 0 Å². The Bertz CT molecular complexity index is 1410. The Balaban J connectivity index is 1.91. The molecule has 40 heavy (non-hydrogen) atoms. The normalized spacial score (nSPS) is 10.4. The van der Waals surface area contributed by atoms with E-state index in [1.165, 1.54) is 13.0 Å². The molecule has 210 valence electrons. The summed E-state index contributed by atoms with van der Waals surface area (Å²) in [4.78, 5) is 35.7. The molecule has 0 spiro atoms. The van der Waals surface area contributed by atoms with Crippen LogP contribution in [0.5, 0.6) is 11.5 Å². The third-order valence-corrected chi connectivity index (χ3v) is 5.66. The topological polar surface area (TPSA) is 173 Å². The van der Waals surface area contributed by atoms with Gasteiger partial charge >= 0.3 is 11.9 Å². The number of hydrogen-bond acceptors (Lipinski definition) is 8. The van der Waals surface area contributed by atoms with Gasteiger partial charge in [0, 0.05) is 41.0 Å². The second-order valence-corrected chi connectivity index (χ2v) is 8.90. The molecule has 0 radical (unpaired) electrons. The molecule has 12 heteroatoms. The predicted octanol–water partition coefficient (Wildman–Crippen LogP) is 4.41. The zero-order valence-electron chi connectivity index (χ0n) is 21.9. The number of carbonyl (C=O) groups excluding carboxylic acids is 2. The minimum atomic E-state index is -1.17. The minimum absolute atomic E-state index is 0.0291. The van der Waals surface area contributed by atoms with Crippen LogP contribution >= 0.6 is 11.6 Å². The largest absolute Gasteiger partial charge is 0.490 e. The zero-order chi connectivity index (χ0) is 29.2. The van der Waals surface area contributed by atoms with E-state index in [1.54, 1.807) is 55.5 Å². The van der Waals surface area contributed by atoms with Gasteiger partial charge in [0.15, 0.2) is 18.1 Å². The number of halogens is 1. The van der Waals surface area contributed by atoms with E-state index in [1.807, 2.05) is 0 Å². The summed E-state index contributed by atoms with van der Waals surface area (Å²) in [5, 5.41) is 23.0. The van der Waals surface area contributed by atoms with Crippen molar-refractivity contribution in [1.82, 2.24) is 0 Å². The number of carboxylic acid groups (broad SMARTS) is 1. The van der Waals surface area contributed by atoms with E-state index < -0.39 is 24.5 Å². The maximum Gasteiger partial charge on any atom is 0.341 e. The van der Waals surface area contributed by atoms with Crippen molar-refractivity contribution in [3.63, 3.8) is 0 Å². The fourth-order valence-corrected chi connectivity index (χ4v) is 3.84. The minimum Gasteiger partial charge on any atom is -0.490 e. The summed E-state index contributed by atoms with van der Waals surface area (Å²) >= 11 is 6.19. The number of esters is 1. The molecule has 0 saturated heterocycles. The Kier molecular flexibility index (Phi) is 10.3. The Morgan fingerprint density at radius 3 is 2.40 bits per heavy atom. The number of hydrogen-bond donors (Lipinski definition) is 5. The van der Waals surface area contributed by atoms with Crippen LogP contribution in [-0.2, 0) is 27.5 Å². The third-order valence-electron chi connectivity index (χ3n) is 5.42. The molecule has 0 atom stereocenters. The highest BCUT2D eigenvalue weighted by Gasteiger charge is 2.18. The molecule has 0 bridgehead atoms. The number of anilines is 2. The summed E-state index contributed by atoms with van der Waals surface area (Å²) in [6, 6.07) is 14.6. The second kappa shape index (κ2) is 13.9. The third kappa shape index (κ3) is 8.37. The predicted molar refractivity (Wildman–Crippen MR) is 150 cm³/mol. The first-order valence-electron chi connectivity index (χ1n) is 12.1. The molecular weight excluding hydrogens is 540 g/mol. The summed E-state index contributed by atoms with van der Waals surface area (Å²) in [5.41, 5.74) is 8.29. The molecule has 11 nitrogen and oxygen atoms in total. The smallest absolute Gasteiger partial charge is 0.341 e. The molecule has 0 saturated carbocycles. The summed E-state index contributed by atoms with van der Waals surface area (Å²) < 4.78 is 16.4. The Morgan fingerprint density at radius 1 is 1.05 bits per heavy atom. The van der Waals surface area contributed by atoms with Gasteiger partial charge in [0.05, 0.1) is 12.2 Å². The van der Waals surface area contributed by atoms with E-state index in [4.69, 9.17) is 42.1 Å². The first kappa shape index (κ1) is 29.8. The number of carboxylic acids is 1. The van der Waals surface area contributed by atoms with Crippen molar-refractivity contribution in [2.45, 2.75) is 27.0 Å². The fourth-order valence-electron chi connectivity index (χ4n) is 3.66. The van der Waals surface area contributed by atoms with E-state index in [0.717, 1.165) is 0 Å². The lowest BCUT2D eigenvalue weighted by Gasteiger charge is -2.19. The van der Waals surface area contributed by atoms with Crippen LogP contribution in [-0.4, -0.2) is 42.0 Å². The van der Waals surface area contributed by atoms with Gasteiger partial charge in [-0.05, 0) is 67.1 Å². The highest BCUT2D eigenvalue weighted by molar-refractivity contribution is 6.31. The van der Waals surface area contributed by atoms with Crippen LogP contribution in [0.4, 0.5) is 11.4 Å². The molecule has 1 amide bonds. The van der Waals surface area contributed by atoms with E-state index in [0.29, 0.717) is 33.1 Å². The van der Waals surface area contributed by atoms with Crippen molar-refractivity contribution in [3.8, 4) is 11.5 Å². The van der Waals surface area contributed by atoms with Crippen LogP contribution < -0.4 is 25.8 Å². The van der Waals surface area contributed by atoms with Crippen LogP contribution in [0.3, 0.4) is 0 Å². The van der Waals surface area contributed by atoms with Crippen molar-refractivity contribution < 1.29 is 33.7 Å². The maximum atomic E-state index is 13.2. The van der Waals surface area contributed by atoms with Crippen molar-refractivity contribution >= 4 is 46.7 Å². The summed E-state index contributed by atoms with van der Waals surface area (Å²) in [7, 11) is 0. The molecule has 3 aromatic rings. The number of ether oxygens (including phenoxy) is 3. The molecular formula is C28H29ClN4O7. The standard InChI is InChI=1S/C28H29ClN4O7/c1-3-38-24-11-17(14-39-16(2)34)10-19(26(24)40-15-25(35)36)13-32-23-9-6-20(29)12-22(23)28(37)33-21-7-4-18(5-8-21)27(30)31/h4-12,32H,3,13-15H2,1-2H3,(H3,30,31)(H,33,37)(H,35,36). The van der Waals surface area contributed by atoms with Gasteiger partial charge in [0.25, 0.3) is 5.91 Å². The highest BCUT2D eigenvalue weighted by Crippen LogP contribution is 2.35. The molecule has 0 aliphatic rings. The van der Waals surface area contributed by atoms with Crippen LogP contribution in [0, 0.1) is 5.41 Å². The summed E-state index contributed by atoms with van der Waals surface area (Å²) in [5.74, 6) is -1.67. The first-order chi connectivity index (χ1) is 19.1. The number of amides is 1. The van der Waals surface area contributed by atoms with Gasteiger partial charge in [-0.3, -0.25) is 15.0 Å². The quantitative estimate of drug-likeness (QED) is 0.114. The van der Waals surface area contributed by atoms with Gasteiger partial charge in [0.2, 0.25) is 0 Å². The maximum absolute atomic E-state index is 13.2. The van der Waals surface area contributed by atoms with E-state index in [9.17, 15) is 14.4 Å². The van der Waals surface area contributed by atoms with Crippen molar-refractivity contribution in [2.24, 2.45) is 5.73 Å². The number of rotatable bonds is 13. The van der Waals surface area contributed by atoms with E-state index in [2.05, 4.69) is 10.6 Å². The lowest BCUT2D eigenvalue weighted by atomic mass is 10.1. The molecule has 6 N–H and O–H groups in total. The number of nitrogens with two attached hydrogens (primary N) is 1. The van der Waals surface area contributed by atoms with Crippen molar-refractivity contribution in [2.75, 3.05) is 23.8 Å². The van der Waals surface area contributed by atoms with Crippen LogP contribution in [0.1, 0.15) is 40.9 Å². The van der Waals surface area contributed by atoms with Gasteiger partial charge in [0.1, 0.15) is 12.4 Å². The number of aliphatic carboxylic acids is 1. The van der Waals surface area contributed by atoms with Gasteiger partial charge in [-0.25, -0.2) is 4.79 Å². The van der Waals surface area contributed by atoms with E-state index >= 15 is 0 Å². The molecule has 3 rings (SSSR count). The summed E-state index contributed by atoms with van der Waals surface area (Å²) in [6.07, 6.45) is 0. The molecule has 0 fully saturated rings. The second-order valence-electron chi connectivity index (χ2n) is 8.47. The Morgan fingerprint density at radius 2 is 1.77 bits per heavy atom. The fraction of sp³-hybridized carbons (Fsp3) is 0.214. The molecule has 3 aromatic carbocycles. The summed E-state index contributed by atoms with van der Waals surface area (Å²) in [6.45, 7) is 2.80. The average Bonchev–Trinajstić information content (AvgIpc) is 2.90. The lowest BCUT2D eigenvalue weighted by Crippen LogP contribution is -2.16. The number of amidine groups is 1. The Hall–Kier alpha value is -4.77. The van der Waals surface area contributed by atoms with Crippen LogP contribution in [0.15, 0.2) is 54.6 Å². The van der Waals surface area contributed by atoms with Gasteiger partial charge in [-0.2, -0.15) is 0 Å². The van der Waals surface area contributed by atoms with Crippen molar-refractivity contribution in [3.05, 3.63) is 81.9 Å². The molecule has 0 aliphatic heterocycles. The molecule has 0 unspecified atom stereocenters. The molecule has 0 heterocycles. The number of benzene rings is 3. The Labute approximate surface area is 235 Å². The highest BCUT2D eigenvalue weighted by atomic mass is 35.5. The van der Waals surface area contributed by atoms with Crippen LogP contribution in [0.2, 0.25) is 5.02 Å². The van der Waals surface area contributed by atoms with Gasteiger partial charge < -0.3 is 35.7 Å². The van der Waals surface area contributed by atoms with Crippen molar-refractivity contribution in [1.29, 1.82) is 5.41 Å². The van der Waals surface area contributed by atoms with Gasteiger partial charge in [-0.15, -0.1) is 0 Å². The van der Waals surface area contributed by atoms with Gasteiger partial charge in [-0.1, -0.05) is 11.6 Å². The molecule has 0 aliphatic carbocycles. The monoisotopic (exact) mass is 568 g/mol. The number of carbonyl (C=O) groups is 3. The van der Waals surface area contributed by atoms with E-state index in [-0.39, 0.29) is 42.7 Å². The number of nitrogens with one attached hydrogen (secondary N) is 3. The first-order valence-corrected chi connectivity index (χ1v) is 12.5. The lowest BCUT2D eigenvalue weighted by molar-refractivity contribution is -0.142. The SMILES string of the molecule is CCOc1cc(COC(C)=O)cc(CNc2ccc(Cl)cc2C(=O)Nc2ccc(C(=N)N)cc2)c1OCC(=O)O. The zero-order valence-corrected chi connectivity index (χ0v) is 22.6.